The number of hydrogen-bond acceptors (Lipinski definition) is 11. The quantitative estimate of drug-likeness (QED) is 0.126. The fourth-order valence-corrected chi connectivity index (χ4v) is 3.03. The van der Waals surface area contributed by atoms with Gasteiger partial charge in [-0.2, -0.15) is 30.1 Å². The number of ether oxygens (including phenoxy) is 1. The Kier molecular flexibility index (Phi) is 11.0. The number of rotatable bonds is 14. The van der Waals surface area contributed by atoms with Crippen molar-refractivity contribution in [2.24, 2.45) is 5.41 Å². The fraction of sp³-hybridized carbons (Fsp3) is 0.350. The van der Waals surface area contributed by atoms with Crippen molar-refractivity contribution in [1.29, 1.82) is 0 Å². The molecule has 6 N–H and O–H groups in total. The molecule has 0 aliphatic rings. The topological polar surface area (TPSA) is 197 Å². The molecule has 0 saturated heterocycles. The molecule has 0 aliphatic heterocycles. The second-order valence-electron chi connectivity index (χ2n) is 7.60. The molecule has 2 aromatic rings. The van der Waals surface area contributed by atoms with Crippen molar-refractivity contribution >= 4 is 5.97 Å². The van der Waals surface area contributed by atoms with Crippen molar-refractivity contribution in [2.45, 2.75) is 12.8 Å². The van der Waals surface area contributed by atoms with Gasteiger partial charge < -0.3 is 20.4 Å². The van der Waals surface area contributed by atoms with Gasteiger partial charge in [-0.05, 0) is 24.1 Å². The number of carbonyl (C=O) groups is 1. The van der Waals surface area contributed by atoms with Crippen LogP contribution >= 0.6 is 0 Å². The van der Waals surface area contributed by atoms with E-state index in [4.69, 9.17) is 20.4 Å². The lowest BCUT2D eigenvalue weighted by Crippen LogP contribution is -3.05. The van der Waals surface area contributed by atoms with Crippen molar-refractivity contribution in [3.8, 4) is 11.1 Å². The van der Waals surface area contributed by atoms with Crippen LogP contribution in [0.25, 0.3) is 11.1 Å². The normalized spacial score (nSPS) is 16.7. The first-order chi connectivity index (χ1) is 16.5. The summed E-state index contributed by atoms with van der Waals surface area (Å²) in [6.07, 6.45) is 0. The van der Waals surface area contributed by atoms with Crippen LogP contribution in [0.15, 0.2) is 48.5 Å². The number of halogens is 1. The summed E-state index contributed by atoms with van der Waals surface area (Å²) < 4.78 is 19.9. The second kappa shape index (κ2) is 13.4. The molecule has 0 amide bonds. The summed E-state index contributed by atoms with van der Waals surface area (Å²) in [5.41, 5.74) is -0.543. The maximum Gasteiger partial charge on any atom is 0.313 e. The maximum absolute atomic E-state index is 14.7. The van der Waals surface area contributed by atoms with E-state index in [1.807, 2.05) is 0 Å². The van der Waals surface area contributed by atoms with Crippen LogP contribution in [-0.2, 0) is 24.0 Å². The van der Waals surface area contributed by atoms with Gasteiger partial charge in [-0.25, -0.2) is 4.39 Å². The van der Waals surface area contributed by atoms with E-state index in [9.17, 15) is 24.8 Å². The molecule has 35 heavy (non-hydrogen) atoms. The third-order valence-corrected chi connectivity index (χ3v) is 4.96. The van der Waals surface area contributed by atoms with Gasteiger partial charge in [0, 0.05) is 5.56 Å². The van der Waals surface area contributed by atoms with E-state index in [-0.39, 0.29) is 5.56 Å². The first-order valence-corrected chi connectivity index (χ1v) is 10.1. The van der Waals surface area contributed by atoms with E-state index < -0.39 is 65.7 Å². The van der Waals surface area contributed by atoms with E-state index >= 15 is 0 Å². The monoisotopic (exact) mass is 503 g/mol. The number of benzene rings is 2. The van der Waals surface area contributed by atoms with Crippen molar-refractivity contribution in [3.63, 3.8) is 0 Å². The van der Waals surface area contributed by atoms with Crippen molar-refractivity contribution in [3.05, 3.63) is 75.5 Å². The van der Waals surface area contributed by atoms with Gasteiger partial charge in [0.1, 0.15) is 32.2 Å². The standard InChI is InChI=1S/C20H26FN3O11/c1-14(16-7-8-17(18(21)9-16)15-5-3-2-4-6-15)19(25)32-10-20(11-33-22(26)27,12-34-23(28)29)13-35-24(30)31/h2-9,14,22-24,26,28,30H,10-13H2,1H3/t14-/m0/s1. The van der Waals surface area contributed by atoms with Crippen LogP contribution in [0.3, 0.4) is 0 Å². The molecule has 15 heteroatoms. The summed E-state index contributed by atoms with van der Waals surface area (Å²) in [7, 11) is 0. The summed E-state index contributed by atoms with van der Waals surface area (Å²) in [6.45, 7) is -1.67. The Morgan fingerprint density at radius 1 is 0.914 bits per heavy atom. The molecule has 3 unspecified atom stereocenters. The van der Waals surface area contributed by atoms with Crippen LogP contribution in [-0.4, -0.2) is 48.0 Å². The molecule has 2 rings (SSSR count). The molecule has 0 saturated carbocycles. The van der Waals surface area contributed by atoms with Gasteiger partial charge in [-0.3, -0.25) is 4.79 Å². The average molecular weight is 503 g/mol. The Morgan fingerprint density at radius 3 is 1.89 bits per heavy atom. The van der Waals surface area contributed by atoms with Crippen molar-refractivity contribution in [1.82, 2.24) is 0 Å². The molecule has 0 heterocycles. The zero-order valence-electron chi connectivity index (χ0n) is 18.5. The van der Waals surface area contributed by atoms with Crippen LogP contribution in [0, 0.1) is 26.9 Å². The zero-order chi connectivity index (χ0) is 26.0. The number of hydrogen-bond donors (Lipinski definition) is 6. The van der Waals surface area contributed by atoms with Gasteiger partial charge in [0.05, 0.1) is 11.3 Å². The third-order valence-electron chi connectivity index (χ3n) is 4.96. The predicted molar refractivity (Wildman–Crippen MR) is 110 cm³/mol. The molecule has 194 valence electrons. The summed E-state index contributed by atoms with van der Waals surface area (Å²) >= 11 is 0. The molecule has 0 spiro atoms. The SMILES string of the molecule is C[C@H](C(=O)OCC(CO[NH+]([O-])O)(CO[NH+]([O-])O)CO[NH+]([O-])O)c1ccc(-c2ccccc2)c(F)c1. The van der Waals surface area contributed by atoms with E-state index in [2.05, 4.69) is 14.5 Å². The Balaban J connectivity index is 2.16. The van der Waals surface area contributed by atoms with Gasteiger partial charge in [-0.15, -0.1) is 0 Å². The van der Waals surface area contributed by atoms with Gasteiger partial charge >= 0.3 is 5.97 Å². The van der Waals surface area contributed by atoms with Crippen LogP contribution in [0.5, 0.6) is 0 Å². The zero-order valence-corrected chi connectivity index (χ0v) is 18.5. The number of nitrogens with one attached hydrogen (secondary N) is 3. The largest absolute Gasteiger partial charge is 0.566 e. The predicted octanol–water partition coefficient (Wildman–Crippen LogP) is -1.76. The van der Waals surface area contributed by atoms with E-state index in [1.54, 1.807) is 36.4 Å². The van der Waals surface area contributed by atoms with Crippen LogP contribution in [0.2, 0.25) is 0 Å². The van der Waals surface area contributed by atoms with Crippen LogP contribution in [0.1, 0.15) is 18.4 Å². The lowest BCUT2D eigenvalue weighted by atomic mass is 9.92. The van der Waals surface area contributed by atoms with Gasteiger partial charge in [-0.1, -0.05) is 58.6 Å². The number of carbonyl (C=O) groups excluding carboxylic acids is 1. The van der Waals surface area contributed by atoms with Crippen molar-refractivity contribution in [2.75, 3.05) is 26.4 Å². The van der Waals surface area contributed by atoms with Gasteiger partial charge in [0.15, 0.2) is 0 Å². The maximum atomic E-state index is 14.7. The molecule has 2 aromatic carbocycles. The first-order valence-electron chi connectivity index (χ1n) is 10.1. The Labute approximate surface area is 198 Å². The summed E-state index contributed by atoms with van der Waals surface area (Å²) in [4.78, 5) is 26.0. The Hall–Kier alpha value is -2.64. The lowest BCUT2D eigenvalue weighted by Gasteiger charge is -2.31. The molecule has 0 bridgehead atoms. The van der Waals surface area contributed by atoms with E-state index in [1.165, 1.54) is 19.1 Å². The van der Waals surface area contributed by atoms with E-state index in [0.29, 0.717) is 11.1 Å². The summed E-state index contributed by atoms with van der Waals surface area (Å²) in [6, 6.07) is 13.0. The van der Waals surface area contributed by atoms with Gasteiger partial charge in [0.2, 0.25) is 0 Å². The molecule has 14 nitrogen and oxygen atoms in total. The second-order valence-corrected chi connectivity index (χ2v) is 7.60. The highest BCUT2D eigenvalue weighted by atomic mass is 19.1. The van der Waals surface area contributed by atoms with Gasteiger partial charge in [0.25, 0.3) is 0 Å². The van der Waals surface area contributed by atoms with Crippen LogP contribution in [0.4, 0.5) is 4.39 Å². The molecule has 0 aliphatic carbocycles. The van der Waals surface area contributed by atoms with Crippen molar-refractivity contribution < 1.29 is 60.2 Å². The highest BCUT2D eigenvalue weighted by molar-refractivity contribution is 5.78. The molecular weight excluding hydrogens is 477 g/mol. The highest BCUT2D eigenvalue weighted by Crippen LogP contribution is 2.27. The molecule has 4 atom stereocenters. The summed E-state index contributed by atoms with van der Waals surface area (Å²) in [5.74, 6) is -2.42. The minimum absolute atomic E-state index is 0.281. The minimum Gasteiger partial charge on any atom is -0.566 e. The van der Waals surface area contributed by atoms with E-state index in [0.717, 1.165) is 0 Å². The minimum atomic E-state index is -1.80. The Bertz CT molecular complexity index is 903. The highest BCUT2D eigenvalue weighted by Gasteiger charge is 2.39. The summed E-state index contributed by atoms with van der Waals surface area (Å²) in [5, 5.41) is 53.7. The van der Waals surface area contributed by atoms with Crippen LogP contribution < -0.4 is 16.2 Å². The smallest absolute Gasteiger partial charge is 0.313 e. The molecular formula is C20H26FN3O11. The lowest BCUT2D eigenvalue weighted by molar-refractivity contribution is -1.21. The number of quaternary nitrogens is 3. The third kappa shape index (κ3) is 9.15. The number of esters is 1. The molecule has 0 radical (unpaired) electrons. The molecule has 0 fully saturated rings. The molecule has 0 aromatic heterocycles. The fourth-order valence-electron chi connectivity index (χ4n) is 3.03. The Morgan fingerprint density at radius 2 is 1.43 bits per heavy atom. The first kappa shape index (κ1) is 28.6. The average Bonchev–Trinajstić information content (AvgIpc) is 2.82.